The summed E-state index contributed by atoms with van der Waals surface area (Å²) >= 11 is 0. The zero-order valence-electron chi connectivity index (χ0n) is 18.4. The molecule has 1 aliphatic carbocycles. The van der Waals surface area contributed by atoms with Crippen molar-refractivity contribution in [3.05, 3.63) is 0 Å². The van der Waals surface area contributed by atoms with Crippen LogP contribution in [0, 0.1) is 0 Å². The number of ether oxygens (including phenoxy) is 2. The molecule has 154 valence electrons. The van der Waals surface area contributed by atoms with E-state index < -0.39 is 0 Å². The molecule has 0 spiro atoms. The van der Waals surface area contributed by atoms with E-state index in [0.717, 1.165) is 19.4 Å². The lowest BCUT2D eigenvalue weighted by atomic mass is 9.91. The van der Waals surface area contributed by atoms with Crippen molar-refractivity contribution < 1.29 is 9.47 Å². The lowest BCUT2D eigenvalue weighted by molar-refractivity contribution is -0.148. The molecule has 0 amide bonds. The highest BCUT2D eigenvalue weighted by molar-refractivity contribution is 4.83. The van der Waals surface area contributed by atoms with Crippen molar-refractivity contribution in [3.8, 4) is 0 Å². The molecule has 0 aromatic rings. The van der Waals surface area contributed by atoms with Crippen LogP contribution in [0.3, 0.4) is 0 Å². The zero-order chi connectivity index (χ0) is 19.2. The fourth-order valence-electron chi connectivity index (χ4n) is 3.93. The number of piperazine rings is 1. The molecule has 0 N–H and O–H groups in total. The topological polar surface area (TPSA) is 24.9 Å². The third kappa shape index (κ3) is 8.24. The fourth-order valence-corrected chi connectivity index (χ4v) is 3.93. The summed E-state index contributed by atoms with van der Waals surface area (Å²) in [7, 11) is 0. The third-order valence-electron chi connectivity index (χ3n) is 5.61. The van der Waals surface area contributed by atoms with E-state index in [1.807, 2.05) is 0 Å². The van der Waals surface area contributed by atoms with Gasteiger partial charge >= 0.3 is 0 Å². The first-order chi connectivity index (χ1) is 12.1. The van der Waals surface area contributed by atoms with Crippen molar-refractivity contribution in [1.82, 2.24) is 9.80 Å². The Labute approximate surface area is 162 Å². The number of rotatable bonds is 9. The van der Waals surface area contributed by atoms with Crippen LogP contribution < -0.4 is 0 Å². The highest BCUT2D eigenvalue weighted by Gasteiger charge is 2.33. The second kappa shape index (κ2) is 9.86. The van der Waals surface area contributed by atoms with Crippen LogP contribution in [0.15, 0.2) is 0 Å². The van der Waals surface area contributed by atoms with Gasteiger partial charge in [-0.15, -0.1) is 0 Å². The van der Waals surface area contributed by atoms with Gasteiger partial charge < -0.3 is 14.4 Å². The highest BCUT2D eigenvalue weighted by Crippen LogP contribution is 2.30. The van der Waals surface area contributed by atoms with E-state index in [0.29, 0.717) is 17.7 Å². The van der Waals surface area contributed by atoms with Crippen LogP contribution in [0.5, 0.6) is 0 Å². The van der Waals surface area contributed by atoms with Crippen molar-refractivity contribution >= 4 is 0 Å². The van der Waals surface area contributed by atoms with Gasteiger partial charge in [0.1, 0.15) is 0 Å². The fraction of sp³-hybridized carbons (Fsp3) is 1.00. The van der Waals surface area contributed by atoms with Crippen LogP contribution in [0.2, 0.25) is 0 Å². The summed E-state index contributed by atoms with van der Waals surface area (Å²) in [6.45, 7) is 20.5. The summed E-state index contributed by atoms with van der Waals surface area (Å²) < 4.78 is 11.9. The Morgan fingerprint density at radius 2 is 1.38 bits per heavy atom. The standard InChI is InChI=1S/C22H44N2O2/c1-21(2,3)24-14-12-23(13-15-24)11-9-7-8-10-16-25-19-17-20(18-19)26-22(4,5)6/h19-20H,7-18H2,1-6H3. The van der Waals surface area contributed by atoms with Crippen LogP contribution in [-0.2, 0) is 9.47 Å². The Bertz CT molecular complexity index is 386. The predicted octanol–water partition coefficient (Wildman–Crippen LogP) is 4.33. The first-order valence-electron chi connectivity index (χ1n) is 10.9. The molecule has 0 radical (unpaired) electrons. The molecular formula is C22H44N2O2. The number of hydrogen-bond acceptors (Lipinski definition) is 4. The second-order valence-corrected chi connectivity index (χ2v) is 10.2. The SMILES string of the molecule is CC(C)(C)OC1CC(OCCCCCCN2CCN(C(C)(C)C)CC2)C1. The molecule has 1 aliphatic heterocycles. The van der Waals surface area contributed by atoms with E-state index in [1.165, 1.54) is 58.4 Å². The monoisotopic (exact) mass is 368 g/mol. The summed E-state index contributed by atoms with van der Waals surface area (Å²) in [4.78, 5) is 5.25. The predicted molar refractivity (Wildman–Crippen MR) is 110 cm³/mol. The molecule has 2 fully saturated rings. The molecule has 2 aliphatic rings. The van der Waals surface area contributed by atoms with Crippen molar-refractivity contribution in [3.63, 3.8) is 0 Å². The van der Waals surface area contributed by atoms with Gasteiger partial charge in [-0.1, -0.05) is 12.8 Å². The Morgan fingerprint density at radius 3 is 1.96 bits per heavy atom. The molecule has 1 saturated heterocycles. The molecule has 1 saturated carbocycles. The molecule has 0 bridgehead atoms. The molecule has 0 aromatic carbocycles. The first kappa shape index (κ1) is 22.1. The van der Waals surface area contributed by atoms with E-state index in [1.54, 1.807) is 0 Å². The van der Waals surface area contributed by atoms with Gasteiger partial charge in [-0.2, -0.15) is 0 Å². The quantitative estimate of drug-likeness (QED) is 0.566. The van der Waals surface area contributed by atoms with E-state index in [2.05, 4.69) is 51.3 Å². The summed E-state index contributed by atoms with van der Waals surface area (Å²) in [5.41, 5.74) is 0.306. The Hall–Kier alpha value is -0.160. The lowest BCUT2D eigenvalue weighted by Gasteiger charge is -2.42. The summed E-state index contributed by atoms with van der Waals surface area (Å²) in [5, 5.41) is 0. The number of unbranched alkanes of at least 4 members (excludes halogenated alkanes) is 3. The summed E-state index contributed by atoms with van der Waals surface area (Å²) in [6, 6.07) is 0. The van der Waals surface area contributed by atoms with Gasteiger partial charge in [-0.3, -0.25) is 4.90 Å². The molecule has 4 heteroatoms. The minimum absolute atomic E-state index is 0.0188. The van der Waals surface area contributed by atoms with Gasteiger partial charge in [0, 0.05) is 38.3 Å². The van der Waals surface area contributed by atoms with Gasteiger partial charge in [-0.25, -0.2) is 0 Å². The average molecular weight is 369 g/mol. The maximum absolute atomic E-state index is 5.97. The van der Waals surface area contributed by atoms with E-state index in [4.69, 9.17) is 9.47 Å². The minimum Gasteiger partial charge on any atom is -0.378 e. The Balaban J connectivity index is 1.39. The lowest BCUT2D eigenvalue weighted by Crippen LogP contribution is -2.53. The Morgan fingerprint density at radius 1 is 0.769 bits per heavy atom. The van der Waals surface area contributed by atoms with Crippen molar-refractivity contribution in [1.29, 1.82) is 0 Å². The maximum atomic E-state index is 5.97. The van der Waals surface area contributed by atoms with Gasteiger partial charge in [0.05, 0.1) is 17.8 Å². The van der Waals surface area contributed by atoms with Gasteiger partial charge in [0.25, 0.3) is 0 Å². The molecule has 0 aromatic heterocycles. The van der Waals surface area contributed by atoms with Crippen LogP contribution in [0.25, 0.3) is 0 Å². The van der Waals surface area contributed by atoms with Crippen molar-refractivity contribution in [2.75, 3.05) is 39.3 Å². The molecule has 1 heterocycles. The minimum atomic E-state index is -0.0188. The van der Waals surface area contributed by atoms with E-state index >= 15 is 0 Å². The van der Waals surface area contributed by atoms with Gasteiger partial charge in [0.15, 0.2) is 0 Å². The largest absolute Gasteiger partial charge is 0.378 e. The van der Waals surface area contributed by atoms with Gasteiger partial charge in [-0.05, 0) is 73.8 Å². The summed E-state index contributed by atoms with van der Waals surface area (Å²) in [5.74, 6) is 0. The molecule has 0 unspecified atom stereocenters. The van der Waals surface area contributed by atoms with Crippen molar-refractivity contribution in [2.24, 2.45) is 0 Å². The summed E-state index contributed by atoms with van der Waals surface area (Å²) in [6.07, 6.45) is 8.20. The molecule has 4 nitrogen and oxygen atoms in total. The smallest absolute Gasteiger partial charge is 0.0631 e. The maximum Gasteiger partial charge on any atom is 0.0631 e. The van der Waals surface area contributed by atoms with Crippen LogP contribution >= 0.6 is 0 Å². The Kier molecular flexibility index (Phi) is 8.39. The second-order valence-electron chi connectivity index (χ2n) is 10.2. The van der Waals surface area contributed by atoms with Crippen molar-refractivity contribution in [2.45, 2.75) is 103 Å². The zero-order valence-corrected chi connectivity index (χ0v) is 18.4. The van der Waals surface area contributed by atoms with Crippen LogP contribution in [0.4, 0.5) is 0 Å². The number of hydrogen-bond donors (Lipinski definition) is 0. The number of nitrogens with zero attached hydrogens (tertiary/aromatic N) is 2. The first-order valence-corrected chi connectivity index (χ1v) is 10.9. The average Bonchev–Trinajstić information content (AvgIpc) is 2.49. The molecular weight excluding hydrogens is 324 g/mol. The molecule has 26 heavy (non-hydrogen) atoms. The van der Waals surface area contributed by atoms with E-state index in [-0.39, 0.29) is 5.60 Å². The molecule has 2 rings (SSSR count). The van der Waals surface area contributed by atoms with Crippen LogP contribution in [-0.4, -0.2) is 72.5 Å². The molecule has 0 atom stereocenters. The van der Waals surface area contributed by atoms with Crippen LogP contribution in [0.1, 0.15) is 80.1 Å². The third-order valence-corrected chi connectivity index (χ3v) is 5.61. The van der Waals surface area contributed by atoms with E-state index in [9.17, 15) is 0 Å². The highest BCUT2D eigenvalue weighted by atomic mass is 16.5. The van der Waals surface area contributed by atoms with Gasteiger partial charge in [0.2, 0.25) is 0 Å². The normalized spacial score (nSPS) is 26.1.